The van der Waals surface area contributed by atoms with Gasteiger partial charge in [-0.25, -0.2) is 0 Å². The lowest BCUT2D eigenvalue weighted by molar-refractivity contribution is 0.590. The van der Waals surface area contributed by atoms with Crippen LogP contribution >= 0.6 is 62.3 Å². The van der Waals surface area contributed by atoms with Gasteiger partial charge in [-0.2, -0.15) is 0 Å². The van der Waals surface area contributed by atoms with Crippen LogP contribution in [0.3, 0.4) is 0 Å². The molecule has 2 aliphatic carbocycles. The molecule has 0 saturated carbocycles. The quantitative estimate of drug-likeness (QED) is 0.162. The molecule has 4 nitrogen and oxygen atoms in total. The molecule has 100 heavy (non-hydrogen) atoms. The highest BCUT2D eigenvalue weighted by Gasteiger charge is 2.42. The monoisotopic (exact) mass is 1450 g/mol. The summed E-state index contributed by atoms with van der Waals surface area (Å²) in [5.74, 6) is 0. The minimum absolute atomic E-state index is 0.0217. The molecule has 2 N–H and O–H groups in total. The minimum atomic E-state index is -0.148. The molecule has 9 heteroatoms. The van der Waals surface area contributed by atoms with E-state index in [1.165, 1.54) is 83.3 Å². The van der Waals surface area contributed by atoms with E-state index in [9.17, 15) is 0 Å². The van der Waals surface area contributed by atoms with Crippen molar-refractivity contribution in [3.63, 3.8) is 0 Å². The Kier molecular flexibility index (Phi) is 19.3. The summed E-state index contributed by atoms with van der Waals surface area (Å²) in [5.41, 5.74) is 33.3. The Bertz CT molecular complexity index is 5340. The van der Waals surface area contributed by atoms with Crippen LogP contribution in [-0.4, -0.2) is 9.13 Å². The van der Waals surface area contributed by atoms with Gasteiger partial charge in [0.2, 0.25) is 0 Å². The van der Waals surface area contributed by atoms with Crippen LogP contribution in [0.4, 0.5) is 22.7 Å². The summed E-state index contributed by atoms with van der Waals surface area (Å²) in [4.78, 5) is 2.29. The third-order valence-corrected chi connectivity index (χ3v) is 20.8. The van der Waals surface area contributed by atoms with Crippen molar-refractivity contribution in [2.24, 2.45) is 0 Å². The van der Waals surface area contributed by atoms with Gasteiger partial charge in [-0.15, -0.1) is 0 Å². The van der Waals surface area contributed by atoms with Gasteiger partial charge in [0, 0.05) is 96.9 Å². The second-order valence-corrected chi connectivity index (χ2v) is 31.8. The van der Waals surface area contributed by atoms with Crippen LogP contribution in [0.25, 0.3) is 77.9 Å². The molecular weight excluding hydrogens is 1370 g/mol. The number of hydrogen-bond donors (Lipinski definition) is 1. The number of hydrogen-bond acceptors (Lipinski definition) is 2. The van der Waals surface area contributed by atoms with Gasteiger partial charge in [-0.1, -0.05) is 301 Å². The van der Waals surface area contributed by atoms with Gasteiger partial charge in [0.1, 0.15) is 0 Å². The lowest BCUT2D eigenvalue weighted by Gasteiger charge is -2.30. The zero-order valence-corrected chi connectivity index (χ0v) is 63.0. The van der Waals surface area contributed by atoms with Crippen molar-refractivity contribution in [2.75, 3.05) is 10.6 Å². The molecule has 14 aromatic rings. The highest BCUT2D eigenvalue weighted by molar-refractivity contribution is 9.10. The molecule has 2 aromatic heterocycles. The number of benzene rings is 12. The molecule has 0 fully saturated rings. The Morgan fingerprint density at radius 3 is 1.32 bits per heavy atom. The smallest absolute Gasteiger partial charge is 0.0585 e. The van der Waals surface area contributed by atoms with Crippen molar-refractivity contribution in [1.82, 2.24) is 9.13 Å². The summed E-state index contributed by atoms with van der Waals surface area (Å²) in [5, 5.41) is 5.45. The average Bonchev–Trinajstić information content (AvgIpc) is 1.54. The van der Waals surface area contributed by atoms with Gasteiger partial charge >= 0.3 is 0 Å². The zero-order chi connectivity index (χ0) is 70.6. The number of anilines is 4. The fraction of sp³-hybridized carbons (Fsp3) is 0.165. The lowest BCUT2D eigenvalue weighted by atomic mass is 9.81. The average molecular weight is 1450 g/mol. The van der Waals surface area contributed by atoms with Gasteiger partial charge < -0.3 is 19.8 Å². The van der Waals surface area contributed by atoms with Crippen molar-refractivity contribution in [3.8, 4) is 56.1 Å². The second-order valence-electron chi connectivity index (χ2n) is 29.2. The van der Waals surface area contributed by atoms with E-state index in [0.29, 0.717) is 10.0 Å². The molecule has 0 aliphatic heterocycles. The molecule has 0 unspecified atom stereocenters. The van der Waals surface area contributed by atoms with Gasteiger partial charge in [0.15, 0.2) is 0 Å². The van der Waals surface area contributed by atoms with E-state index in [1.54, 1.807) is 0 Å². The maximum Gasteiger partial charge on any atom is 0.0585 e. The zero-order valence-electron chi connectivity index (χ0n) is 58.4. The Hall–Kier alpha value is -9.04. The molecule has 0 bridgehead atoms. The molecule has 0 atom stereocenters. The predicted molar refractivity (Wildman–Crippen MR) is 434 cm³/mol. The Morgan fingerprint density at radius 1 is 0.380 bits per heavy atom. The summed E-state index contributed by atoms with van der Waals surface area (Å²) in [6.45, 7) is 24.9. The molecule has 12 aromatic carbocycles. The summed E-state index contributed by atoms with van der Waals surface area (Å²) >= 11 is 29.2. The van der Waals surface area contributed by atoms with Gasteiger partial charge in [-0.05, 0) is 177 Å². The van der Waals surface area contributed by atoms with Crippen molar-refractivity contribution in [3.05, 3.63) is 343 Å². The molecule has 0 saturated heterocycles. The van der Waals surface area contributed by atoms with Crippen LogP contribution in [0.1, 0.15) is 108 Å². The fourth-order valence-corrected chi connectivity index (χ4v) is 16.0. The summed E-state index contributed by atoms with van der Waals surface area (Å²) in [6.07, 6.45) is 0. The number of rotatable bonds is 7. The van der Waals surface area contributed by atoms with Crippen molar-refractivity contribution < 1.29 is 0 Å². The SMILES string of the molecule is CC(C)(C)c1ccc(N(c2cccc(Cl)c2)c2cc(Cl)cc(-n3c4c(c5ccccc53)C(C)(C)c3ccccc3-4)c2)c(-c2ccccc2)c1.CC(C)(C)c1ccc(N)c(-c2ccccc2)c1.Cc1cc(Cl)cc(-n2c3c(c4ccccc42)C(C)(C)c2ccccc2-3)c1.Clc1cccc(Br)c1. The third-order valence-electron chi connectivity index (χ3n) is 19.4. The first-order valence-corrected chi connectivity index (χ1v) is 36.3. The van der Waals surface area contributed by atoms with Gasteiger partial charge in [0.05, 0.1) is 28.1 Å². The second kappa shape index (κ2) is 27.8. The molecule has 2 aliphatic rings. The topological polar surface area (TPSA) is 39.1 Å². The van der Waals surface area contributed by atoms with E-state index >= 15 is 0 Å². The predicted octanol–water partition coefficient (Wildman–Crippen LogP) is 27.9. The standard InChI is InChI=1S/C45H38Cl2N2.C24H20ClN.C16H19N.C6H4BrCl/c1-44(2,3)30-22-23-41(38(24-30)29-14-7-6-8-15-29)48(33-17-13-16-31(46)25-33)34-26-32(47)27-35(28-34)49-40-21-12-10-19-37(40)42-43(49)36-18-9-11-20-39(36)45(42,4)5;1-15-12-16(25)14-17(13-15)26-21-11-7-5-9-19(21)22-23(26)18-8-4-6-10-20(18)24(22,2)3;1-16(2,3)13-9-10-15(17)14(11-13)12-7-5-4-6-8-12;7-5-2-1-3-6(8)4-5/h6-28H,1-5H3;4-14H,1-3H3;4-11H,17H2,1-3H3;1-4H. The first-order chi connectivity index (χ1) is 47.8. The normalized spacial score (nSPS) is 13.0. The molecular formula is C91H81BrCl4N4. The highest BCUT2D eigenvalue weighted by atomic mass is 79.9. The third kappa shape index (κ3) is 13.6. The number of fused-ring (bicyclic) bond motifs is 10. The number of nitrogens with zero attached hydrogens (tertiary/aromatic N) is 3. The van der Waals surface area contributed by atoms with Gasteiger partial charge in [-0.3, -0.25) is 0 Å². The van der Waals surface area contributed by atoms with Crippen molar-refractivity contribution in [2.45, 2.75) is 97.8 Å². The van der Waals surface area contributed by atoms with E-state index in [2.05, 4.69) is 312 Å². The first-order valence-electron chi connectivity index (χ1n) is 34.0. The van der Waals surface area contributed by atoms with E-state index in [0.717, 1.165) is 70.8 Å². The van der Waals surface area contributed by atoms with Crippen LogP contribution in [0.15, 0.2) is 284 Å². The van der Waals surface area contributed by atoms with Crippen LogP contribution in [0, 0.1) is 6.92 Å². The number of halogens is 5. The maximum atomic E-state index is 7.15. The lowest BCUT2D eigenvalue weighted by Crippen LogP contribution is -2.15. The summed E-state index contributed by atoms with van der Waals surface area (Å²) in [6, 6.07) is 97.4. The number of aryl methyl sites for hydroxylation is 1. The van der Waals surface area contributed by atoms with E-state index in [1.807, 2.05) is 72.8 Å². The van der Waals surface area contributed by atoms with Crippen LogP contribution < -0.4 is 10.6 Å². The highest BCUT2D eigenvalue weighted by Crippen LogP contribution is 2.56. The number of nitrogen functional groups attached to an aromatic ring is 1. The Labute approximate surface area is 618 Å². The summed E-state index contributed by atoms with van der Waals surface area (Å²) < 4.78 is 5.81. The van der Waals surface area contributed by atoms with Crippen LogP contribution in [-0.2, 0) is 21.7 Å². The Morgan fingerprint density at radius 2 is 0.820 bits per heavy atom. The van der Waals surface area contributed by atoms with E-state index < -0.39 is 0 Å². The molecule has 0 amide bonds. The minimum Gasteiger partial charge on any atom is -0.398 e. The van der Waals surface area contributed by atoms with E-state index in [-0.39, 0.29) is 21.7 Å². The van der Waals surface area contributed by atoms with Crippen molar-refractivity contribution >= 4 is 107 Å². The van der Waals surface area contributed by atoms with Crippen molar-refractivity contribution in [1.29, 1.82) is 0 Å². The Balaban J connectivity index is 0.000000145. The molecule has 500 valence electrons. The largest absolute Gasteiger partial charge is 0.398 e. The fourth-order valence-electron chi connectivity index (χ4n) is 14.6. The number of para-hydroxylation sites is 2. The van der Waals surface area contributed by atoms with Gasteiger partial charge in [0.25, 0.3) is 0 Å². The molecule has 0 spiro atoms. The number of aromatic nitrogens is 2. The first kappa shape index (κ1) is 69.4. The maximum absolute atomic E-state index is 7.15. The molecule has 2 heterocycles. The van der Waals surface area contributed by atoms with Crippen LogP contribution in [0.5, 0.6) is 0 Å². The summed E-state index contributed by atoms with van der Waals surface area (Å²) in [7, 11) is 0. The molecule has 16 rings (SSSR count). The van der Waals surface area contributed by atoms with Crippen LogP contribution in [0.2, 0.25) is 20.1 Å². The number of nitrogens with two attached hydrogens (primary N) is 1. The molecule has 0 radical (unpaired) electrons. The van der Waals surface area contributed by atoms with E-state index in [4.69, 9.17) is 52.1 Å².